The predicted molar refractivity (Wildman–Crippen MR) is 119 cm³/mol. The fraction of sp³-hybridized carbons (Fsp3) is 0.360. The third kappa shape index (κ3) is 4.25. The number of hydrogen-bond acceptors (Lipinski definition) is 3. The number of nitrogens with one attached hydrogen (secondary N) is 1. The van der Waals surface area contributed by atoms with Crippen molar-refractivity contribution >= 4 is 28.5 Å². The fourth-order valence-corrected chi connectivity index (χ4v) is 4.43. The van der Waals surface area contributed by atoms with Crippen molar-refractivity contribution < 1.29 is 14.3 Å². The van der Waals surface area contributed by atoms with Gasteiger partial charge in [0.25, 0.3) is 0 Å². The van der Waals surface area contributed by atoms with E-state index in [1.165, 1.54) is 32.8 Å². The summed E-state index contributed by atoms with van der Waals surface area (Å²) < 4.78 is 6.96. The summed E-state index contributed by atoms with van der Waals surface area (Å²) in [6, 6.07) is 15.7. The number of ether oxygens (including phenoxy) is 1. The highest BCUT2D eigenvalue weighted by molar-refractivity contribution is 5.94. The van der Waals surface area contributed by atoms with Crippen LogP contribution in [0.3, 0.4) is 0 Å². The average Bonchev–Trinajstić information content (AvgIpc) is 3.42. The smallest absolute Gasteiger partial charge is 0.337 e. The van der Waals surface area contributed by atoms with E-state index in [0.717, 1.165) is 22.2 Å². The molecular weight excluding hydrogens is 376 g/mol. The summed E-state index contributed by atoms with van der Waals surface area (Å²) in [6.07, 6.45) is 7.50. The van der Waals surface area contributed by atoms with Gasteiger partial charge in [0, 0.05) is 18.3 Å². The van der Waals surface area contributed by atoms with Crippen molar-refractivity contribution in [1.29, 1.82) is 0 Å². The number of aromatic nitrogens is 1. The molecule has 3 aromatic rings. The first-order chi connectivity index (χ1) is 14.5. The normalized spacial score (nSPS) is 15.3. The molecule has 156 valence electrons. The predicted octanol–water partition coefficient (Wildman–Crippen LogP) is 5.56. The Bertz CT molecular complexity index is 1050. The van der Waals surface area contributed by atoms with E-state index in [2.05, 4.69) is 29.1 Å². The van der Waals surface area contributed by atoms with Crippen LogP contribution in [0, 0.1) is 5.92 Å². The molecule has 0 aliphatic heterocycles. The number of amides is 1. The standard InChI is InChI=1S/C25H28N2O3/c1-17(19-7-9-21(10-8-19)25(29)30-2)27-14-13-20-11-12-22(16-23(20)27)26-24(28)15-18-5-3-4-6-18/h7-14,16-18H,3-6,15H2,1-2H3,(H,26,28). The maximum absolute atomic E-state index is 12.4. The summed E-state index contributed by atoms with van der Waals surface area (Å²) in [5.74, 6) is 0.301. The van der Waals surface area contributed by atoms with Gasteiger partial charge in [0.1, 0.15) is 0 Å². The molecule has 30 heavy (non-hydrogen) atoms. The molecule has 1 N–H and O–H groups in total. The molecule has 0 spiro atoms. The molecule has 0 bridgehead atoms. The maximum Gasteiger partial charge on any atom is 0.337 e. The summed E-state index contributed by atoms with van der Waals surface area (Å²) in [7, 11) is 1.38. The van der Waals surface area contributed by atoms with Crippen molar-refractivity contribution in [3.05, 3.63) is 65.9 Å². The van der Waals surface area contributed by atoms with Crippen LogP contribution < -0.4 is 5.32 Å². The van der Waals surface area contributed by atoms with Crippen molar-refractivity contribution in [1.82, 2.24) is 4.57 Å². The Morgan fingerprint density at radius 1 is 1.10 bits per heavy atom. The molecule has 5 nitrogen and oxygen atoms in total. The van der Waals surface area contributed by atoms with Gasteiger partial charge in [-0.2, -0.15) is 0 Å². The summed E-state index contributed by atoms with van der Waals surface area (Å²) in [5, 5.41) is 4.21. The van der Waals surface area contributed by atoms with Crippen LogP contribution in [0.4, 0.5) is 5.69 Å². The van der Waals surface area contributed by atoms with Crippen molar-refractivity contribution in [2.45, 2.75) is 45.1 Å². The van der Waals surface area contributed by atoms with Gasteiger partial charge in [0.05, 0.1) is 24.2 Å². The number of esters is 1. The van der Waals surface area contributed by atoms with Gasteiger partial charge < -0.3 is 14.6 Å². The van der Waals surface area contributed by atoms with Gasteiger partial charge >= 0.3 is 5.97 Å². The van der Waals surface area contributed by atoms with Gasteiger partial charge in [-0.1, -0.05) is 31.0 Å². The van der Waals surface area contributed by atoms with Crippen LogP contribution in [-0.2, 0) is 9.53 Å². The molecule has 1 unspecified atom stereocenters. The Balaban J connectivity index is 1.53. The number of rotatable bonds is 6. The summed E-state index contributed by atoms with van der Waals surface area (Å²) >= 11 is 0. The molecular formula is C25H28N2O3. The minimum absolute atomic E-state index is 0.0821. The molecule has 1 atom stereocenters. The van der Waals surface area contributed by atoms with E-state index in [0.29, 0.717) is 17.9 Å². The zero-order valence-electron chi connectivity index (χ0n) is 17.6. The van der Waals surface area contributed by atoms with Crippen LogP contribution in [0.1, 0.15) is 61.0 Å². The van der Waals surface area contributed by atoms with Crippen molar-refractivity contribution in [3.63, 3.8) is 0 Å². The first-order valence-corrected chi connectivity index (χ1v) is 10.6. The Morgan fingerprint density at radius 2 is 1.83 bits per heavy atom. The molecule has 5 heteroatoms. The van der Waals surface area contributed by atoms with E-state index in [1.807, 2.05) is 30.3 Å². The lowest BCUT2D eigenvalue weighted by atomic mass is 10.0. The summed E-state index contributed by atoms with van der Waals surface area (Å²) in [6.45, 7) is 2.12. The van der Waals surface area contributed by atoms with E-state index in [-0.39, 0.29) is 17.9 Å². The lowest BCUT2D eigenvalue weighted by molar-refractivity contribution is -0.117. The van der Waals surface area contributed by atoms with Crippen LogP contribution in [-0.4, -0.2) is 23.6 Å². The van der Waals surface area contributed by atoms with Crippen LogP contribution in [0.25, 0.3) is 10.9 Å². The number of carbonyl (C=O) groups excluding carboxylic acids is 2. The number of carbonyl (C=O) groups is 2. The molecule has 1 aliphatic carbocycles. The highest BCUT2D eigenvalue weighted by atomic mass is 16.5. The third-order valence-corrected chi connectivity index (χ3v) is 6.19. The van der Waals surface area contributed by atoms with Crippen LogP contribution in [0.15, 0.2) is 54.7 Å². The third-order valence-electron chi connectivity index (χ3n) is 6.19. The largest absolute Gasteiger partial charge is 0.465 e. The first-order valence-electron chi connectivity index (χ1n) is 10.6. The average molecular weight is 405 g/mol. The van der Waals surface area contributed by atoms with E-state index < -0.39 is 0 Å². The molecule has 1 heterocycles. The second-order valence-electron chi connectivity index (χ2n) is 8.19. The maximum atomic E-state index is 12.4. The van der Waals surface area contributed by atoms with Crippen molar-refractivity contribution in [2.75, 3.05) is 12.4 Å². The first kappa shape index (κ1) is 20.2. The number of nitrogens with zero attached hydrogens (tertiary/aromatic N) is 1. The summed E-state index contributed by atoms with van der Waals surface area (Å²) in [4.78, 5) is 24.1. The SMILES string of the molecule is COC(=O)c1ccc(C(C)n2ccc3ccc(NC(=O)CC4CCCC4)cc32)cc1. The number of hydrogen-bond donors (Lipinski definition) is 1. The van der Waals surface area contributed by atoms with Gasteiger partial charge in [-0.3, -0.25) is 4.79 Å². The van der Waals surface area contributed by atoms with Gasteiger partial charge in [-0.05, 0) is 67.0 Å². The molecule has 1 aliphatic rings. The highest BCUT2D eigenvalue weighted by Gasteiger charge is 2.19. The molecule has 1 amide bonds. The lowest BCUT2D eigenvalue weighted by Crippen LogP contribution is -2.15. The summed E-state index contributed by atoms with van der Waals surface area (Å²) in [5.41, 5.74) is 3.53. The van der Waals surface area contributed by atoms with E-state index in [1.54, 1.807) is 12.1 Å². The Labute approximate surface area is 177 Å². The molecule has 1 saturated carbocycles. The van der Waals surface area contributed by atoms with Crippen LogP contribution in [0.5, 0.6) is 0 Å². The molecule has 1 fully saturated rings. The molecule has 4 rings (SSSR count). The quantitative estimate of drug-likeness (QED) is 0.548. The second-order valence-corrected chi connectivity index (χ2v) is 8.19. The molecule has 0 radical (unpaired) electrons. The number of methoxy groups -OCH3 is 1. The van der Waals surface area contributed by atoms with Gasteiger partial charge in [-0.25, -0.2) is 4.79 Å². The lowest BCUT2D eigenvalue weighted by Gasteiger charge is -2.17. The molecule has 2 aromatic carbocycles. The minimum atomic E-state index is -0.335. The van der Waals surface area contributed by atoms with E-state index >= 15 is 0 Å². The minimum Gasteiger partial charge on any atom is -0.465 e. The van der Waals surface area contributed by atoms with Crippen molar-refractivity contribution in [3.8, 4) is 0 Å². The number of benzene rings is 2. The second kappa shape index (κ2) is 8.74. The van der Waals surface area contributed by atoms with E-state index in [9.17, 15) is 9.59 Å². The monoisotopic (exact) mass is 404 g/mol. The van der Waals surface area contributed by atoms with Crippen LogP contribution >= 0.6 is 0 Å². The fourth-order valence-electron chi connectivity index (χ4n) is 4.43. The topological polar surface area (TPSA) is 60.3 Å². The Hall–Kier alpha value is -3.08. The van der Waals surface area contributed by atoms with Gasteiger partial charge in [-0.15, -0.1) is 0 Å². The zero-order chi connectivity index (χ0) is 21.1. The Morgan fingerprint density at radius 3 is 2.53 bits per heavy atom. The van der Waals surface area contributed by atoms with Crippen molar-refractivity contribution in [2.24, 2.45) is 5.92 Å². The Kier molecular flexibility index (Phi) is 5.88. The zero-order valence-corrected chi connectivity index (χ0v) is 17.6. The molecule has 1 aromatic heterocycles. The van der Waals surface area contributed by atoms with Gasteiger partial charge in [0.15, 0.2) is 0 Å². The highest BCUT2D eigenvalue weighted by Crippen LogP contribution is 2.29. The van der Waals surface area contributed by atoms with Crippen LogP contribution in [0.2, 0.25) is 0 Å². The number of fused-ring (bicyclic) bond motifs is 1. The number of anilines is 1. The van der Waals surface area contributed by atoms with E-state index in [4.69, 9.17) is 4.74 Å². The van der Waals surface area contributed by atoms with Gasteiger partial charge in [0.2, 0.25) is 5.91 Å². The molecule has 0 saturated heterocycles.